The summed E-state index contributed by atoms with van der Waals surface area (Å²) in [6.45, 7) is 4.38. The molecule has 8 heteroatoms. The molecular formula is C27H53NO6S. The van der Waals surface area contributed by atoms with Crippen LogP contribution in [-0.2, 0) is 14.9 Å². The molecule has 1 amide bonds. The van der Waals surface area contributed by atoms with Crippen molar-refractivity contribution in [1.82, 2.24) is 5.32 Å². The molecule has 208 valence electrons. The fourth-order valence-electron chi connectivity index (χ4n) is 4.10. The normalized spacial score (nSPS) is 14.8. The molecule has 7 nitrogen and oxygen atoms in total. The smallest absolute Gasteiger partial charge is 0.267 e. The Kier molecular flexibility index (Phi) is 21.6. The number of hydrogen-bond acceptors (Lipinski definition) is 5. The number of carbonyl (C=O) groups is 1. The quantitative estimate of drug-likeness (QED) is 0.0737. The molecule has 0 aliphatic heterocycles. The molecule has 0 aliphatic carbocycles. The molecule has 4 N–H and O–H groups in total. The van der Waals surface area contributed by atoms with Gasteiger partial charge in [0.25, 0.3) is 10.1 Å². The van der Waals surface area contributed by atoms with Crippen LogP contribution in [0.4, 0.5) is 0 Å². The van der Waals surface area contributed by atoms with Gasteiger partial charge in [0.1, 0.15) is 6.10 Å². The molecule has 0 aromatic carbocycles. The number of rotatable bonds is 24. The lowest BCUT2D eigenvalue weighted by Crippen LogP contribution is -2.50. The summed E-state index contributed by atoms with van der Waals surface area (Å²) < 4.78 is 32.0. The van der Waals surface area contributed by atoms with E-state index < -0.39 is 40.0 Å². The first kappa shape index (κ1) is 34.0. The first-order valence-electron chi connectivity index (χ1n) is 14.0. The molecule has 0 aromatic heterocycles. The molecule has 3 unspecified atom stereocenters. The standard InChI is InChI=1S/C27H53NO6S/c1-3-5-7-9-11-13-14-16-18-20-22-26(30)27(31)28-24(23-35(32,33)34)25(29)21-19-17-15-12-10-8-6-4-2/h19,21,24-26,29-30H,3-18,20,22-23H2,1-2H3,(H,28,31)(H,32,33,34)/b21-19+. The summed E-state index contributed by atoms with van der Waals surface area (Å²) >= 11 is 0. The maximum atomic E-state index is 12.4. The van der Waals surface area contributed by atoms with Crippen molar-refractivity contribution in [3.8, 4) is 0 Å². The third-order valence-corrected chi connectivity index (χ3v) is 7.10. The maximum absolute atomic E-state index is 12.4. The van der Waals surface area contributed by atoms with Crippen molar-refractivity contribution in [3.05, 3.63) is 12.2 Å². The van der Waals surface area contributed by atoms with Crippen molar-refractivity contribution in [2.24, 2.45) is 0 Å². The molecule has 0 bridgehead atoms. The molecule has 3 atom stereocenters. The fraction of sp³-hybridized carbons (Fsp3) is 0.889. The van der Waals surface area contributed by atoms with Gasteiger partial charge in [0.15, 0.2) is 0 Å². The largest absolute Gasteiger partial charge is 0.387 e. The van der Waals surface area contributed by atoms with E-state index in [1.165, 1.54) is 70.3 Å². The second kappa shape index (κ2) is 22.3. The third-order valence-electron chi connectivity index (χ3n) is 6.32. The molecule has 0 aliphatic rings. The van der Waals surface area contributed by atoms with Gasteiger partial charge in [-0.1, -0.05) is 122 Å². The lowest BCUT2D eigenvalue weighted by atomic mass is 10.0. The van der Waals surface area contributed by atoms with E-state index in [4.69, 9.17) is 0 Å². The third kappa shape index (κ3) is 22.0. The molecule has 0 aromatic rings. The Hall–Kier alpha value is -0.960. The second-order valence-corrected chi connectivity index (χ2v) is 11.3. The molecule has 0 saturated carbocycles. The number of nitrogens with one attached hydrogen (secondary N) is 1. The fourth-order valence-corrected chi connectivity index (χ4v) is 4.83. The number of carbonyl (C=O) groups excluding carboxylic acids is 1. The van der Waals surface area contributed by atoms with Gasteiger partial charge < -0.3 is 15.5 Å². The summed E-state index contributed by atoms with van der Waals surface area (Å²) in [4.78, 5) is 12.4. The van der Waals surface area contributed by atoms with Crippen molar-refractivity contribution in [2.75, 3.05) is 5.75 Å². The lowest BCUT2D eigenvalue weighted by molar-refractivity contribution is -0.130. The topological polar surface area (TPSA) is 124 Å². The zero-order valence-corrected chi connectivity index (χ0v) is 23.1. The van der Waals surface area contributed by atoms with Crippen LogP contribution < -0.4 is 5.32 Å². The van der Waals surface area contributed by atoms with Gasteiger partial charge in [0.05, 0.1) is 17.9 Å². The zero-order valence-electron chi connectivity index (χ0n) is 22.3. The molecule has 0 saturated heterocycles. The Morgan fingerprint density at radius 2 is 1.23 bits per heavy atom. The van der Waals surface area contributed by atoms with E-state index in [1.807, 2.05) is 0 Å². The van der Waals surface area contributed by atoms with Crippen molar-refractivity contribution in [2.45, 2.75) is 148 Å². The van der Waals surface area contributed by atoms with Crippen molar-refractivity contribution >= 4 is 16.0 Å². The van der Waals surface area contributed by atoms with Crippen LogP contribution in [0.5, 0.6) is 0 Å². The van der Waals surface area contributed by atoms with Crippen LogP contribution in [0.15, 0.2) is 12.2 Å². The number of amides is 1. The molecule has 0 rings (SSSR count). The van der Waals surface area contributed by atoms with Gasteiger partial charge >= 0.3 is 0 Å². The van der Waals surface area contributed by atoms with Gasteiger partial charge in [-0.05, 0) is 19.3 Å². The summed E-state index contributed by atoms with van der Waals surface area (Å²) in [6.07, 6.45) is 20.1. The van der Waals surface area contributed by atoms with E-state index >= 15 is 0 Å². The molecule has 35 heavy (non-hydrogen) atoms. The Labute approximate surface area is 214 Å². The molecule has 0 heterocycles. The summed E-state index contributed by atoms with van der Waals surface area (Å²) in [5.41, 5.74) is 0. The van der Waals surface area contributed by atoms with Crippen LogP contribution in [0.1, 0.15) is 129 Å². The number of aliphatic hydroxyl groups excluding tert-OH is 2. The summed E-state index contributed by atoms with van der Waals surface area (Å²) in [5, 5.41) is 23.0. The average Bonchev–Trinajstić information content (AvgIpc) is 2.80. The minimum absolute atomic E-state index is 0.283. The van der Waals surface area contributed by atoms with E-state index in [-0.39, 0.29) is 6.42 Å². The van der Waals surface area contributed by atoms with Crippen LogP contribution in [0.25, 0.3) is 0 Å². The molecular weight excluding hydrogens is 466 g/mol. The van der Waals surface area contributed by atoms with Gasteiger partial charge in [-0.2, -0.15) is 8.42 Å². The summed E-state index contributed by atoms with van der Waals surface area (Å²) in [5.74, 6) is -1.54. The van der Waals surface area contributed by atoms with Gasteiger partial charge in [0, 0.05) is 0 Å². The van der Waals surface area contributed by atoms with Crippen LogP contribution in [0.3, 0.4) is 0 Å². The van der Waals surface area contributed by atoms with Gasteiger partial charge in [-0.15, -0.1) is 0 Å². The Balaban J connectivity index is 4.32. The summed E-state index contributed by atoms with van der Waals surface area (Å²) in [7, 11) is -4.42. The highest BCUT2D eigenvalue weighted by molar-refractivity contribution is 7.85. The minimum atomic E-state index is -4.42. The highest BCUT2D eigenvalue weighted by atomic mass is 32.2. The molecule has 0 fully saturated rings. The van der Waals surface area contributed by atoms with Crippen LogP contribution in [-0.4, -0.2) is 53.1 Å². The minimum Gasteiger partial charge on any atom is -0.387 e. The molecule has 0 radical (unpaired) electrons. The van der Waals surface area contributed by atoms with Crippen LogP contribution >= 0.6 is 0 Å². The molecule has 0 spiro atoms. The van der Waals surface area contributed by atoms with Crippen LogP contribution in [0.2, 0.25) is 0 Å². The highest BCUT2D eigenvalue weighted by Gasteiger charge is 2.27. The average molecular weight is 520 g/mol. The van der Waals surface area contributed by atoms with Crippen molar-refractivity contribution < 1.29 is 28.0 Å². The maximum Gasteiger partial charge on any atom is 0.267 e. The zero-order chi connectivity index (χ0) is 26.4. The van der Waals surface area contributed by atoms with Crippen molar-refractivity contribution in [3.63, 3.8) is 0 Å². The van der Waals surface area contributed by atoms with E-state index in [1.54, 1.807) is 6.08 Å². The Morgan fingerprint density at radius 3 is 1.71 bits per heavy atom. The number of aliphatic hydroxyl groups is 2. The first-order valence-corrected chi connectivity index (χ1v) is 15.6. The highest BCUT2D eigenvalue weighted by Crippen LogP contribution is 2.13. The monoisotopic (exact) mass is 519 g/mol. The van der Waals surface area contributed by atoms with Gasteiger partial charge in [-0.25, -0.2) is 0 Å². The van der Waals surface area contributed by atoms with Gasteiger partial charge in [-0.3, -0.25) is 9.35 Å². The van der Waals surface area contributed by atoms with E-state index in [2.05, 4.69) is 19.2 Å². The first-order chi connectivity index (χ1) is 16.7. The SMILES string of the molecule is CCCCCCCC/C=C/C(O)C(CS(=O)(=O)O)NC(=O)C(O)CCCCCCCCCCCC. The Bertz CT molecular complexity index is 638. The predicted octanol–water partition coefficient (Wildman–Crippen LogP) is 5.70. The number of allylic oxidation sites excluding steroid dienone is 1. The van der Waals surface area contributed by atoms with E-state index in [0.29, 0.717) is 6.42 Å². The lowest BCUT2D eigenvalue weighted by Gasteiger charge is -2.22. The van der Waals surface area contributed by atoms with Crippen LogP contribution in [0, 0.1) is 0 Å². The van der Waals surface area contributed by atoms with Gasteiger partial charge in [0.2, 0.25) is 5.91 Å². The number of hydrogen-bond donors (Lipinski definition) is 4. The Morgan fingerprint density at radius 1 is 0.771 bits per heavy atom. The predicted molar refractivity (Wildman–Crippen MR) is 144 cm³/mol. The number of unbranched alkanes of at least 4 members (excludes halogenated alkanes) is 15. The summed E-state index contributed by atoms with van der Waals surface area (Å²) in [6, 6.07) is -1.22. The van der Waals surface area contributed by atoms with E-state index in [0.717, 1.165) is 38.5 Å². The van der Waals surface area contributed by atoms with Crippen molar-refractivity contribution in [1.29, 1.82) is 0 Å². The van der Waals surface area contributed by atoms with E-state index in [9.17, 15) is 28.0 Å². The second-order valence-electron chi connectivity index (χ2n) is 9.83.